The second-order valence-electron chi connectivity index (χ2n) is 5.22. The zero-order valence-electron chi connectivity index (χ0n) is 12.5. The molecular weight excluding hydrogens is 323 g/mol. The van der Waals surface area contributed by atoms with Crippen LogP contribution in [-0.4, -0.2) is 11.1 Å². The lowest BCUT2D eigenvalue weighted by atomic mass is 9.92. The highest BCUT2D eigenvalue weighted by atomic mass is 19.4. The number of halogens is 3. The van der Waals surface area contributed by atoms with E-state index < -0.39 is 23.8 Å². The third-order valence-corrected chi connectivity index (χ3v) is 3.60. The highest BCUT2D eigenvalue weighted by Crippen LogP contribution is 2.35. The first-order chi connectivity index (χ1) is 11.3. The van der Waals surface area contributed by atoms with Crippen LogP contribution in [0.3, 0.4) is 0 Å². The van der Waals surface area contributed by atoms with Crippen molar-refractivity contribution in [2.45, 2.75) is 25.1 Å². The van der Waals surface area contributed by atoms with E-state index in [9.17, 15) is 22.9 Å². The number of aliphatic carboxylic acids is 1. The van der Waals surface area contributed by atoms with Gasteiger partial charge in [0.2, 0.25) is 0 Å². The fourth-order valence-electron chi connectivity index (χ4n) is 2.41. The van der Waals surface area contributed by atoms with Crippen LogP contribution in [0.2, 0.25) is 0 Å². The van der Waals surface area contributed by atoms with Gasteiger partial charge in [0, 0.05) is 6.42 Å². The van der Waals surface area contributed by atoms with Gasteiger partial charge in [0.15, 0.2) is 0 Å². The number of nitrogens with zero attached hydrogens (tertiary/aromatic N) is 1. The number of carboxylic acid groups (broad SMARTS) is 1. The van der Waals surface area contributed by atoms with E-state index in [4.69, 9.17) is 5.11 Å². The summed E-state index contributed by atoms with van der Waals surface area (Å²) in [5.74, 6) is -1.05. The van der Waals surface area contributed by atoms with Crippen LogP contribution in [0.15, 0.2) is 53.7 Å². The normalized spacial score (nSPS) is 12.6. The lowest BCUT2D eigenvalue weighted by molar-refractivity contribution is -0.138. The first-order valence-electron chi connectivity index (χ1n) is 7.13. The van der Waals surface area contributed by atoms with Gasteiger partial charge in [-0.1, -0.05) is 41.6 Å². The predicted octanol–water partition coefficient (Wildman–Crippen LogP) is 5.04. The molecule has 0 spiro atoms. The van der Waals surface area contributed by atoms with E-state index in [-0.39, 0.29) is 12.8 Å². The Balaban J connectivity index is 2.37. The van der Waals surface area contributed by atoms with Crippen LogP contribution in [0.4, 0.5) is 13.2 Å². The summed E-state index contributed by atoms with van der Waals surface area (Å²) in [6.45, 7) is 0. The van der Waals surface area contributed by atoms with Crippen LogP contribution in [0, 0.1) is 4.91 Å². The molecule has 0 fully saturated rings. The number of carbonyl (C=O) groups is 1. The second kappa shape index (κ2) is 7.25. The summed E-state index contributed by atoms with van der Waals surface area (Å²) in [6.07, 6.45) is -4.62. The van der Waals surface area contributed by atoms with Crippen LogP contribution in [-0.2, 0) is 11.0 Å². The molecule has 0 heterocycles. The lowest BCUT2D eigenvalue weighted by Crippen LogP contribution is -2.05. The molecule has 0 saturated carbocycles. The number of hydrogen-bond donors (Lipinski definition) is 1. The van der Waals surface area contributed by atoms with E-state index in [2.05, 4.69) is 5.18 Å². The molecule has 0 bridgehead atoms. The van der Waals surface area contributed by atoms with Gasteiger partial charge in [-0.15, -0.1) is 0 Å². The molecule has 0 aliphatic carbocycles. The van der Waals surface area contributed by atoms with Gasteiger partial charge in [0.1, 0.15) is 6.04 Å². The summed E-state index contributed by atoms with van der Waals surface area (Å²) < 4.78 is 37.9. The average Bonchev–Trinajstić information content (AvgIpc) is 2.55. The molecule has 0 aliphatic rings. The Hall–Kier alpha value is -2.70. The van der Waals surface area contributed by atoms with Gasteiger partial charge in [-0.25, -0.2) is 0 Å². The Morgan fingerprint density at radius 3 is 2.25 bits per heavy atom. The van der Waals surface area contributed by atoms with Crippen molar-refractivity contribution in [3.8, 4) is 11.1 Å². The summed E-state index contributed by atoms with van der Waals surface area (Å²) in [4.78, 5) is 21.8. The smallest absolute Gasteiger partial charge is 0.416 e. The number of rotatable bonds is 6. The third kappa shape index (κ3) is 4.18. The molecule has 0 aromatic heterocycles. The number of alkyl halides is 3. The maximum absolute atomic E-state index is 12.6. The van der Waals surface area contributed by atoms with Crippen molar-refractivity contribution in [3.05, 3.63) is 64.6 Å². The predicted molar refractivity (Wildman–Crippen MR) is 82.3 cm³/mol. The summed E-state index contributed by atoms with van der Waals surface area (Å²) in [6, 6.07) is 10.3. The molecule has 0 aliphatic heterocycles. The maximum atomic E-state index is 12.6. The lowest BCUT2D eigenvalue weighted by Gasteiger charge is -2.15. The third-order valence-electron chi connectivity index (χ3n) is 3.60. The highest BCUT2D eigenvalue weighted by Gasteiger charge is 2.30. The molecule has 4 nitrogen and oxygen atoms in total. The van der Waals surface area contributed by atoms with Gasteiger partial charge >= 0.3 is 12.1 Å². The van der Waals surface area contributed by atoms with E-state index in [1.54, 1.807) is 24.3 Å². The van der Waals surface area contributed by atoms with Crippen LogP contribution in [0.1, 0.15) is 30.0 Å². The van der Waals surface area contributed by atoms with Gasteiger partial charge in [-0.3, -0.25) is 4.79 Å². The number of hydrogen-bond acceptors (Lipinski definition) is 3. The largest absolute Gasteiger partial charge is 0.481 e. The van der Waals surface area contributed by atoms with Crippen molar-refractivity contribution >= 4 is 5.97 Å². The first kappa shape index (κ1) is 17.7. The standard InChI is InChI=1S/C17H14F3NO3/c18-17(19,20)12-7-5-11(6-8-12)13-3-1-2-4-14(13)15(21-24)9-10-16(22)23/h1-8,15H,9-10H2,(H,22,23). The zero-order valence-corrected chi connectivity index (χ0v) is 12.5. The Bertz CT molecular complexity index is 727. The minimum Gasteiger partial charge on any atom is -0.481 e. The zero-order chi connectivity index (χ0) is 17.7. The number of benzene rings is 2. The summed E-state index contributed by atoms with van der Waals surface area (Å²) >= 11 is 0. The van der Waals surface area contributed by atoms with Crippen molar-refractivity contribution in [1.82, 2.24) is 0 Å². The fraction of sp³-hybridized carbons (Fsp3) is 0.235. The van der Waals surface area contributed by atoms with Gasteiger partial charge in [-0.2, -0.15) is 18.1 Å². The van der Waals surface area contributed by atoms with Crippen LogP contribution < -0.4 is 0 Å². The van der Waals surface area contributed by atoms with Crippen LogP contribution in [0.5, 0.6) is 0 Å². The highest BCUT2D eigenvalue weighted by molar-refractivity contribution is 5.69. The molecule has 0 saturated heterocycles. The second-order valence-corrected chi connectivity index (χ2v) is 5.22. The van der Waals surface area contributed by atoms with Crippen molar-refractivity contribution in [3.63, 3.8) is 0 Å². The van der Waals surface area contributed by atoms with Crippen LogP contribution >= 0.6 is 0 Å². The first-order valence-corrected chi connectivity index (χ1v) is 7.13. The van der Waals surface area contributed by atoms with E-state index in [0.29, 0.717) is 16.7 Å². The van der Waals surface area contributed by atoms with E-state index >= 15 is 0 Å². The minimum atomic E-state index is -4.42. The molecule has 1 atom stereocenters. The molecule has 2 aromatic rings. The van der Waals surface area contributed by atoms with Gasteiger partial charge in [0.25, 0.3) is 0 Å². The van der Waals surface area contributed by atoms with Gasteiger partial charge in [0.05, 0.1) is 5.56 Å². The fourth-order valence-corrected chi connectivity index (χ4v) is 2.41. The Morgan fingerprint density at radius 2 is 1.71 bits per heavy atom. The van der Waals surface area contributed by atoms with E-state index in [0.717, 1.165) is 12.1 Å². The molecule has 126 valence electrons. The molecule has 24 heavy (non-hydrogen) atoms. The average molecular weight is 337 g/mol. The van der Waals surface area contributed by atoms with Gasteiger partial charge < -0.3 is 5.11 Å². The van der Waals surface area contributed by atoms with E-state index in [1.807, 2.05) is 0 Å². The van der Waals surface area contributed by atoms with Crippen molar-refractivity contribution in [2.24, 2.45) is 5.18 Å². The number of carboxylic acids is 1. The molecule has 2 rings (SSSR count). The quantitative estimate of drug-likeness (QED) is 0.751. The molecule has 0 amide bonds. The molecule has 1 unspecified atom stereocenters. The van der Waals surface area contributed by atoms with Crippen molar-refractivity contribution < 1.29 is 23.1 Å². The topological polar surface area (TPSA) is 66.7 Å². The summed E-state index contributed by atoms with van der Waals surface area (Å²) in [5, 5.41) is 11.7. The molecule has 0 radical (unpaired) electrons. The molecular formula is C17H14F3NO3. The SMILES string of the molecule is O=NC(CCC(=O)O)c1ccccc1-c1ccc(C(F)(F)F)cc1. The molecule has 2 aromatic carbocycles. The maximum Gasteiger partial charge on any atom is 0.416 e. The Kier molecular flexibility index (Phi) is 5.33. The monoisotopic (exact) mass is 337 g/mol. The van der Waals surface area contributed by atoms with E-state index in [1.165, 1.54) is 12.1 Å². The van der Waals surface area contributed by atoms with Crippen molar-refractivity contribution in [1.29, 1.82) is 0 Å². The Morgan fingerprint density at radius 1 is 1.08 bits per heavy atom. The number of nitroso groups, excluding NO2 is 1. The minimum absolute atomic E-state index is 0.0243. The van der Waals surface area contributed by atoms with Crippen LogP contribution in [0.25, 0.3) is 11.1 Å². The van der Waals surface area contributed by atoms with Gasteiger partial charge in [-0.05, 0) is 35.2 Å². The molecule has 7 heteroatoms. The molecule has 1 N–H and O–H groups in total. The summed E-state index contributed by atoms with van der Waals surface area (Å²) in [7, 11) is 0. The Labute approximate surface area is 135 Å². The van der Waals surface area contributed by atoms with Crippen molar-refractivity contribution in [2.75, 3.05) is 0 Å². The summed E-state index contributed by atoms with van der Waals surface area (Å²) in [5.41, 5.74) is 0.789.